The van der Waals surface area contributed by atoms with Crippen molar-refractivity contribution in [3.8, 4) is 5.75 Å². The third kappa shape index (κ3) is 4.95. The molecule has 0 bridgehead atoms. The third-order valence-electron chi connectivity index (χ3n) is 4.90. The number of carbonyl (C=O) groups excluding carboxylic acids is 1. The number of allylic oxidation sites excluding steroid dienone is 1. The fourth-order valence-corrected chi connectivity index (χ4v) is 3.49. The van der Waals surface area contributed by atoms with Gasteiger partial charge in [-0.25, -0.2) is 0 Å². The molecule has 0 N–H and O–H groups in total. The molecule has 1 aromatic heterocycles. The lowest BCUT2D eigenvalue weighted by Crippen LogP contribution is -2.35. The quantitative estimate of drug-likeness (QED) is 0.738. The van der Waals surface area contributed by atoms with E-state index >= 15 is 0 Å². The van der Waals surface area contributed by atoms with E-state index in [-0.39, 0.29) is 5.91 Å². The molecule has 0 atom stereocenters. The lowest BCUT2D eigenvalue weighted by atomic mass is 10.1. The van der Waals surface area contributed by atoms with E-state index in [2.05, 4.69) is 22.5 Å². The summed E-state index contributed by atoms with van der Waals surface area (Å²) in [6, 6.07) is 9.72. The number of amides is 1. The second-order valence-corrected chi connectivity index (χ2v) is 6.80. The number of hydrogen-bond acceptors (Lipinski definition) is 4. The van der Waals surface area contributed by atoms with Crippen molar-refractivity contribution in [1.29, 1.82) is 0 Å². The molecule has 27 heavy (non-hydrogen) atoms. The number of benzene rings is 1. The SMILES string of the molecule is C=CCc1cc(C(=O)N2CCCN(Cc3cccnc3)CC2)ccc1OC. The maximum Gasteiger partial charge on any atom is 0.253 e. The summed E-state index contributed by atoms with van der Waals surface area (Å²) in [7, 11) is 1.65. The minimum absolute atomic E-state index is 0.0891. The first-order valence-electron chi connectivity index (χ1n) is 9.39. The van der Waals surface area contributed by atoms with Crippen LogP contribution in [0.2, 0.25) is 0 Å². The summed E-state index contributed by atoms with van der Waals surface area (Å²) in [5, 5.41) is 0. The second kappa shape index (κ2) is 9.33. The molecule has 2 heterocycles. The van der Waals surface area contributed by atoms with Gasteiger partial charge in [-0.1, -0.05) is 12.1 Å². The van der Waals surface area contributed by atoms with Gasteiger partial charge in [-0.3, -0.25) is 14.7 Å². The highest BCUT2D eigenvalue weighted by Gasteiger charge is 2.21. The molecule has 0 aliphatic carbocycles. The summed E-state index contributed by atoms with van der Waals surface area (Å²) in [6.45, 7) is 8.05. The average Bonchev–Trinajstić information content (AvgIpc) is 2.94. The minimum Gasteiger partial charge on any atom is -0.496 e. The fraction of sp³-hybridized carbons (Fsp3) is 0.364. The Kier molecular flexibility index (Phi) is 6.60. The van der Waals surface area contributed by atoms with Crippen LogP contribution in [0, 0.1) is 0 Å². The Labute approximate surface area is 161 Å². The topological polar surface area (TPSA) is 45.7 Å². The molecular weight excluding hydrogens is 338 g/mol. The monoisotopic (exact) mass is 365 g/mol. The molecule has 0 saturated carbocycles. The Morgan fingerprint density at radius 1 is 1.26 bits per heavy atom. The number of nitrogens with zero attached hydrogens (tertiary/aromatic N) is 3. The molecule has 0 unspecified atom stereocenters. The molecule has 0 radical (unpaired) electrons. The van der Waals surface area contributed by atoms with Crippen LogP contribution >= 0.6 is 0 Å². The van der Waals surface area contributed by atoms with Crippen LogP contribution in [-0.4, -0.2) is 54.0 Å². The van der Waals surface area contributed by atoms with Crippen LogP contribution in [0.5, 0.6) is 5.75 Å². The maximum absolute atomic E-state index is 13.0. The molecule has 2 aromatic rings. The number of methoxy groups -OCH3 is 1. The van der Waals surface area contributed by atoms with Crippen LogP contribution in [0.4, 0.5) is 0 Å². The van der Waals surface area contributed by atoms with Gasteiger partial charge in [-0.05, 0) is 48.2 Å². The highest BCUT2D eigenvalue weighted by molar-refractivity contribution is 5.94. The highest BCUT2D eigenvalue weighted by Crippen LogP contribution is 2.22. The van der Waals surface area contributed by atoms with E-state index in [0.29, 0.717) is 12.0 Å². The smallest absolute Gasteiger partial charge is 0.253 e. The molecule has 3 rings (SSSR count). The molecule has 1 saturated heterocycles. The summed E-state index contributed by atoms with van der Waals surface area (Å²) < 4.78 is 5.38. The van der Waals surface area contributed by atoms with E-state index in [1.807, 2.05) is 41.4 Å². The van der Waals surface area contributed by atoms with Crippen molar-refractivity contribution < 1.29 is 9.53 Å². The minimum atomic E-state index is 0.0891. The average molecular weight is 365 g/mol. The van der Waals surface area contributed by atoms with Gasteiger partial charge in [-0.15, -0.1) is 6.58 Å². The predicted octanol–water partition coefficient (Wildman–Crippen LogP) is 3.17. The Hall–Kier alpha value is -2.66. The first-order valence-corrected chi connectivity index (χ1v) is 9.39. The normalized spacial score (nSPS) is 15.2. The summed E-state index contributed by atoms with van der Waals surface area (Å²) >= 11 is 0. The Bertz CT molecular complexity index is 776. The van der Waals surface area contributed by atoms with Gasteiger partial charge >= 0.3 is 0 Å². The van der Waals surface area contributed by atoms with Crippen LogP contribution in [0.3, 0.4) is 0 Å². The van der Waals surface area contributed by atoms with E-state index in [9.17, 15) is 4.79 Å². The third-order valence-corrected chi connectivity index (χ3v) is 4.90. The van der Waals surface area contributed by atoms with Gasteiger partial charge < -0.3 is 9.64 Å². The molecule has 1 fully saturated rings. The van der Waals surface area contributed by atoms with Crippen molar-refractivity contribution in [3.05, 3.63) is 72.1 Å². The van der Waals surface area contributed by atoms with E-state index < -0.39 is 0 Å². The lowest BCUT2D eigenvalue weighted by molar-refractivity contribution is 0.0761. The number of carbonyl (C=O) groups is 1. The Morgan fingerprint density at radius 2 is 2.15 bits per heavy atom. The van der Waals surface area contributed by atoms with E-state index in [0.717, 1.165) is 50.5 Å². The molecule has 5 heteroatoms. The summed E-state index contributed by atoms with van der Waals surface area (Å²) in [6.07, 6.45) is 7.19. The zero-order valence-corrected chi connectivity index (χ0v) is 15.9. The molecule has 1 aliphatic rings. The van der Waals surface area contributed by atoms with E-state index in [1.165, 1.54) is 5.56 Å². The zero-order chi connectivity index (χ0) is 19.1. The predicted molar refractivity (Wildman–Crippen MR) is 107 cm³/mol. The lowest BCUT2D eigenvalue weighted by Gasteiger charge is -2.22. The summed E-state index contributed by atoms with van der Waals surface area (Å²) in [4.78, 5) is 21.5. The molecule has 1 amide bonds. The Morgan fingerprint density at radius 3 is 2.89 bits per heavy atom. The van der Waals surface area contributed by atoms with Gasteiger partial charge in [0.2, 0.25) is 0 Å². The standard InChI is InChI=1S/C22H27N3O2/c1-3-6-19-15-20(8-9-21(19)27-2)22(26)25-12-5-11-24(13-14-25)17-18-7-4-10-23-16-18/h3-4,7-10,15-16H,1,5-6,11-14,17H2,2H3. The van der Waals surface area contributed by atoms with Crippen LogP contribution in [-0.2, 0) is 13.0 Å². The van der Waals surface area contributed by atoms with Crippen molar-refractivity contribution in [2.75, 3.05) is 33.3 Å². The van der Waals surface area contributed by atoms with Crippen molar-refractivity contribution in [2.45, 2.75) is 19.4 Å². The van der Waals surface area contributed by atoms with E-state index in [1.54, 1.807) is 13.3 Å². The van der Waals surface area contributed by atoms with Gasteiger partial charge in [0.25, 0.3) is 5.91 Å². The zero-order valence-electron chi connectivity index (χ0n) is 15.9. The number of hydrogen-bond donors (Lipinski definition) is 0. The van der Waals surface area contributed by atoms with Crippen molar-refractivity contribution in [3.63, 3.8) is 0 Å². The molecular formula is C22H27N3O2. The van der Waals surface area contributed by atoms with E-state index in [4.69, 9.17) is 4.74 Å². The van der Waals surface area contributed by atoms with Gasteiger partial charge in [0.05, 0.1) is 7.11 Å². The number of pyridine rings is 1. The number of ether oxygens (including phenoxy) is 1. The molecule has 142 valence electrons. The number of rotatable bonds is 6. The summed E-state index contributed by atoms with van der Waals surface area (Å²) in [5.74, 6) is 0.885. The largest absolute Gasteiger partial charge is 0.496 e. The van der Waals surface area contributed by atoms with Crippen LogP contribution < -0.4 is 4.74 Å². The second-order valence-electron chi connectivity index (χ2n) is 6.80. The maximum atomic E-state index is 13.0. The Balaban J connectivity index is 1.65. The van der Waals surface area contributed by atoms with Crippen LogP contribution in [0.15, 0.2) is 55.4 Å². The van der Waals surface area contributed by atoms with Crippen molar-refractivity contribution >= 4 is 5.91 Å². The van der Waals surface area contributed by atoms with Gasteiger partial charge in [-0.2, -0.15) is 0 Å². The highest BCUT2D eigenvalue weighted by atomic mass is 16.5. The first-order chi connectivity index (χ1) is 13.2. The molecule has 5 nitrogen and oxygen atoms in total. The van der Waals surface area contributed by atoms with Crippen LogP contribution in [0.1, 0.15) is 27.9 Å². The van der Waals surface area contributed by atoms with Crippen molar-refractivity contribution in [1.82, 2.24) is 14.8 Å². The van der Waals surface area contributed by atoms with Crippen LogP contribution in [0.25, 0.3) is 0 Å². The van der Waals surface area contributed by atoms with Crippen molar-refractivity contribution in [2.24, 2.45) is 0 Å². The number of aromatic nitrogens is 1. The van der Waals surface area contributed by atoms with Gasteiger partial charge in [0.15, 0.2) is 0 Å². The first kappa shape index (κ1) is 19.1. The molecule has 1 aliphatic heterocycles. The fourth-order valence-electron chi connectivity index (χ4n) is 3.49. The molecule has 1 aromatic carbocycles. The summed E-state index contributed by atoms with van der Waals surface area (Å²) in [5.41, 5.74) is 2.92. The molecule has 0 spiro atoms. The van der Waals surface area contributed by atoms with Gasteiger partial charge in [0, 0.05) is 50.7 Å². The van der Waals surface area contributed by atoms with Gasteiger partial charge in [0.1, 0.15) is 5.75 Å².